The Morgan fingerprint density at radius 3 is 2.61 bits per heavy atom. The van der Waals surface area contributed by atoms with Gasteiger partial charge in [0.1, 0.15) is 0 Å². The van der Waals surface area contributed by atoms with Gasteiger partial charge in [0.05, 0.1) is 6.61 Å². The van der Waals surface area contributed by atoms with Crippen LogP contribution in [0, 0.1) is 6.92 Å². The second kappa shape index (κ2) is 7.21. The fourth-order valence-electron chi connectivity index (χ4n) is 1.47. The molecule has 0 aliphatic rings. The zero-order valence-electron chi connectivity index (χ0n) is 11.0. The van der Waals surface area contributed by atoms with Crippen molar-refractivity contribution in [2.24, 2.45) is 0 Å². The molecule has 0 amide bonds. The molecule has 1 aromatic carbocycles. The first-order chi connectivity index (χ1) is 8.60. The van der Waals surface area contributed by atoms with Gasteiger partial charge in [0, 0.05) is 10.5 Å². The van der Waals surface area contributed by atoms with E-state index in [0.717, 1.165) is 22.6 Å². The van der Waals surface area contributed by atoms with Gasteiger partial charge < -0.3 is 4.74 Å². The average Bonchev–Trinajstić information content (AvgIpc) is 2.36. The molecule has 0 fully saturated rings. The Labute approximate surface area is 112 Å². The lowest BCUT2D eigenvalue weighted by molar-refractivity contribution is -0.137. The van der Waals surface area contributed by atoms with Crippen LogP contribution in [0.15, 0.2) is 23.1 Å². The van der Waals surface area contributed by atoms with Crippen molar-refractivity contribution in [1.82, 2.24) is 0 Å². The molecule has 0 radical (unpaired) electrons. The highest BCUT2D eigenvalue weighted by Gasteiger charge is 2.20. The van der Waals surface area contributed by atoms with Crippen LogP contribution in [0.25, 0.3) is 0 Å². The van der Waals surface area contributed by atoms with Crippen molar-refractivity contribution in [2.75, 3.05) is 12.4 Å². The van der Waals surface area contributed by atoms with E-state index < -0.39 is 11.8 Å². The van der Waals surface area contributed by atoms with Crippen LogP contribution >= 0.6 is 11.8 Å². The number of hydrogen-bond acceptors (Lipinski definition) is 4. The van der Waals surface area contributed by atoms with Crippen LogP contribution < -0.4 is 0 Å². The van der Waals surface area contributed by atoms with Crippen LogP contribution in [0.2, 0.25) is 0 Å². The number of thioether (sulfide) groups is 1. The summed E-state index contributed by atoms with van der Waals surface area (Å²) < 4.78 is 4.76. The molecule has 98 valence electrons. The smallest absolute Gasteiger partial charge is 0.379 e. The fraction of sp³-hybridized carbons (Fsp3) is 0.429. The molecular formula is C14H18O3S. The predicted octanol–water partition coefficient (Wildman–Crippen LogP) is 3.24. The molecule has 1 aromatic rings. The van der Waals surface area contributed by atoms with Crippen molar-refractivity contribution in [3.05, 3.63) is 29.3 Å². The standard InChI is InChI=1S/C14H18O3S/c1-4-8-18-12-7-6-10(3)9-11(12)13(15)14(16)17-5-2/h6-7,9H,4-5,8H2,1-3H3. The summed E-state index contributed by atoms with van der Waals surface area (Å²) in [6, 6.07) is 5.58. The topological polar surface area (TPSA) is 43.4 Å². The Balaban J connectivity index is 3.00. The maximum atomic E-state index is 12.0. The summed E-state index contributed by atoms with van der Waals surface area (Å²) in [4.78, 5) is 24.3. The Kier molecular flexibility index (Phi) is 5.92. The highest BCUT2D eigenvalue weighted by Crippen LogP contribution is 2.25. The summed E-state index contributed by atoms with van der Waals surface area (Å²) in [5, 5.41) is 0. The number of ketones is 1. The molecule has 0 saturated heterocycles. The zero-order valence-corrected chi connectivity index (χ0v) is 11.8. The first-order valence-corrected chi connectivity index (χ1v) is 7.03. The molecule has 3 nitrogen and oxygen atoms in total. The third-order valence-electron chi connectivity index (χ3n) is 2.30. The van der Waals surface area contributed by atoms with E-state index in [2.05, 4.69) is 6.92 Å². The van der Waals surface area contributed by atoms with E-state index in [4.69, 9.17) is 4.74 Å². The molecule has 0 spiro atoms. The van der Waals surface area contributed by atoms with E-state index in [9.17, 15) is 9.59 Å². The lowest BCUT2D eigenvalue weighted by atomic mass is 10.1. The molecule has 0 atom stereocenters. The van der Waals surface area contributed by atoms with E-state index in [1.807, 2.05) is 19.1 Å². The summed E-state index contributed by atoms with van der Waals surface area (Å²) in [5.74, 6) is -0.410. The van der Waals surface area contributed by atoms with Crippen LogP contribution in [0.5, 0.6) is 0 Å². The Bertz CT molecular complexity index is 441. The molecule has 0 aliphatic heterocycles. The predicted molar refractivity (Wildman–Crippen MR) is 73.2 cm³/mol. The number of Topliss-reactive ketones (excluding diaryl/α,β-unsaturated/α-hetero) is 1. The van der Waals surface area contributed by atoms with E-state index in [-0.39, 0.29) is 6.61 Å². The van der Waals surface area contributed by atoms with E-state index in [1.54, 1.807) is 24.8 Å². The Morgan fingerprint density at radius 1 is 1.28 bits per heavy atom. The molecule has 0 unspecified atom stereocenters. The molecule has 0 N–H and O–H groups in total. The van der Waals surface area contributed by atoms with Gasteiger partial charge >= 0.3 is 5.97 Å². The molecule has 18 heavy (non-hydrogen) atoms. The second-order valence-corrected chi connectivity index (χ2v) is 5.03. The number of hydrogen-bond donors (Lipinski definition) is 0. The van der Waals surface area contributed by atoms with Gasteiger partial charge in [-0.3, -0.25) is 4.79 Å². The van der Waals surface area contributed by atoms with Crippen molar-refractivity contribution in [1.29, 1.82) is 0 Å². The van der Waals surface area contributed by atoms with Gasteiger partial charge in [-0.15, -0.1) is 11.8 Å². The number of rotatable bonds is 6. The molecule has 4 heteroatoms. The van der Waals surface area contributed by atoms with Gasteiger partial charge in [-0.05, 0) is 38.2 Å². The van der Waals surface area contributed by atoms with Gasteiger partial charge in [-0.2, -0.15) is 0 Å². The van der Waals surface area contributed by atoms with E-state index >= 15 is 0 Å². The zero-order chi connectivity index (χ0) is 13.5. The highest BCUT2D eigenvalue weighted by atomic mass is 32.2. The van der Waals surface area contributed by atoms with Gasteiger partial charge in [0.15, 0.2) is 0 Å². The number of esters is 1. The number of benzene rings is 1. The first-order valence-electron chi connectivity index (χ1n) is 6.05. The maximum Gasteiger partial charge on any atom is 0.379 e. The van der Waals surface area contributed by atoms with Crippen molar-refractivity contribution in [2.45, 2.75) is 32.1 Å². The third kappa shape index (κ3) is 3.88. The minimum absolute atomic E-state index is 0.216. The minimum atomic E-state index is -0.776. The summed E-state index contributed by atoms with van der Waals surface area (Å²) in [5.41, 5.74) is 1.41. The maximum absolute atomic E-state index is 12.0. The Hall–Kier alpha value is -1.29. The molecule has 0 aliphatic carbocycles. The highest BCUT2D eigenvalue weighted by molar-refractivity contribution is 7.99. The minimum Gasteiger partial charge on any atom is -0.460 e. The van der Waals surface area contributed by atoms with Crippen molar-refractivity contribution < 1.29 is 14.3 Å². The molecule has 0 saturated carbocycles. The van der Waals surface area contributed by atoms with E-state index in [1.165, 1.54) is 0 Å². The largest absolute Gasteiger partial charge is 0.460 e. The van der Waals surface area contributed by atoms with Crippen molar-refractivity contribution in [3.8, 4) is 0 Å². The summed E-state index contributed by atoms with van der Waals surface area (Å²) in [7, 11) is 0. The lowest BCUT2D eigenvalue weighted by Gasteiger charge is -2.08. The number of carbonyl (C=O) groups is 2. The molecule has 0 bridgehead atoms. The summed E-state index contributed by atoms with van der Waals surface area (Å²) in [6.07, 6.45) is 1.02. The van der Waals surface area contributed by atoms with Gasteiger partial charge in [-0.1, -0.05) is 18.6 Å². The van der Waals surface area contributed by atoms with Crippen molar-refractivity contribution >= 4 is 23.5 Å². The average molecular weight is 266 g/mol. The van der Waals surface area contributed by atoms with Gasteiger partial charge in [-0.25, -0.2) is 4.79 Å². The third-order valence-corrected chi connectivity index (χ3v) is 3.58. The molecule has 0 aromatic heterocycles. The molecular weight excluding hydrogens is 248 g/mol. The van der Waals surface area contributed by atoms with E-state index in [0.29, 0.717) is 5.56 Å². The van der Waals surface area contributed by atoms with Gasteiger partial charge in [0.25, 0.3) is 5.78 Å². The first kappa shape index (κ1) is 14.8. The van der Waals surface area contributed by atoms with Crippen LogP contribution in [0.4, 0.5) is 0 Å². The SMILES string of the molecule is CCCSc1ccc(C)cc1C(=O)C(=O)OCC. The number of ether oxygens (including phenoxy) is 1. The van der Waals surface area contributed by atoms with Gasteiger partial charge in [0.2, 0.25) is 0 Å². The normalized spacial score (nSPS) is 10.2. The second-order valence-electron chi connectivity index (χ2n) is 3.90. The Morgan fingerprint density at radius 2 is 2.00 bits per heavy atom. The monoisotopic (exact) mass is 266 g/mol. The molecule has 1 rings (SSSR count). The van der Waals surface area contributed by atoms with Crippen LogP contribution in [-0.2, 0) is 9.53 Å². The number of aryl methyl sites for hydroxylation is 1. The quantitative estimate of drug-likeness (QED) is 0.343. The van der Waals surface area contributed by atoms with Crippen LogP contribution in [-0.4, -0.2) is 24.1 Å². The van der Waals surface area contributed by atoms with Crippen LogP contribution in [0.3, 0.4) is 0 Å². The molecule has 0 heterocycles. The van der Waals surface area contributed by atoms with Crippen LogP contribution in [0.1, 0.15) is 36.2 Å². The summed E-state index contributed by atoms with van der Waals surface area (Å²) >= 11 is 1.59. The lowest BCUT2D eigenvalue weighted by Crippen LogP contribution is -2.18. The number of carbonyl (C=O) groups excluding carboxylic acids is 2. The fourth-order valence-corrected chi connectivity index (χ4v) is 2.36. The van der Waals surface area contributed by atoms with Crippen molar-refractivity contribution in [3.63, 3.8) is 0 Å². The summed E-state index contributed by atoms with van der Waals surface area (Å²) in [6.45, 7) is 5.88.